The lowest BCUT2D eigenvalue weighted by atomic mass is 10.2. The van der Waals surface area contributed by atoms with Gasteiger partial charge >= 0.3 is 0 Å². The molecule has 0 aromatic carbocycles. The minimum Gasteiger partial charge on any atom is -0.381 e. The Kier molecular flexibility index (Phi) is 14.8. The molecular formula is C17H34IN5O2. The summed E-state index contributed by atoms with van der Waals surface area (Å²) in [6, 6.07) is 0. The second-order valence-electron chi connectivity index (χ2n) is 5.96. The van der Waals surface area contributed by atoms with Crippen molar-refractivity contribution < 1.29 is 9.26 Å². The van der Waals surface area contributed by atoms with Crippen molar-refractivity contribution in [2.45, 2.75) is 59.3 Å². The van der Waals surface area contributed by atoms with Gasteiger partial charge in [-0.3, -0.25) is 4.99 Å². The lowest BCUT2D eigenvalue weighted by molar-refractivity contribution is 0.130. The smallest absolute Gasteiger partial charge is 0.228 e. The van der Waals surface area contributed by atoms with E-state index in [-0.39, 0.29) is 29.9 Å². The Morgan fingerprint density at radius 1 is 1.20 bits per heavy atom. The molecule has 0 atom stereocenters. The fraction of sp³-hybridized carbons (Fsp3) is 0.824. The van der Waals surface area contributed by atoms with Crippen molar-refractivity contribution in [2.75, 3.05) is 32.8 Å². The summed E-state index contributed by atoms with van der Waals surface area (Å²) in [5.74, 6) is 2.52. The van der Waals surface area contributed by atoms with E-state index in [1.54, 1.807) is 0 Å². The number of nitrogens with one attached hydrogen (secondary N) is 2. The van der Waals surface area contributed by atoms with Gasteiger partial charge in [-0.2, -0.15) is 4.98 Å². The van der Waals surface area contributed by atoms with Crippen molar-refractivity contribution in [1.82, 2.24) is 20.8 Å². The van der Waals surface area contributed by atoms with Gasteiger partial charge in [0.2, 0.25) is 5.89 Å². The third kappa shape index (κ3) is 11.4. The van der Waals surface area contributed by atoms with Gasteiger partial charge in [0, 0.05) is 45.2 Å². The van der Waals surface area contributed by atoms with E-state index in [2.05, 4.69) is 53.5 Å². The van der Waals surface area contributed by atoms with Crippen LogP contribution in [-0.4, -0.2) is 48.9 Å². The number of hydrogen-bond acceptors (Lipinski definition) is 5. The number of aromatic nitrogens is 2. The van der Waals surface area contributed by atoms with Crippen LogP contribution in [0.25, 0.3) is 0 Å². The minimum absolute atomic E-state index is 0. The van der Waals surface area contributed by atoms with Gasteiger partial charge in [0.25, 0.3) is 0 Å². The Bertz CT molecular complexity index is 466. The summed E-state index contributed by atoms with van der Waals surface area (Å²) in [6.07, 6.45) is 3.92. The van der Waals surface area contributed by atoms with Crippen LogP contribution in [0.15, 0.2) is 9.52 Å². The summed E-state index contributed by atoms with van der Waals surface area (Å²) in [4.78, 5) is 8.91. The number of rotatable bonds is 12. The number of nitrogens with zero attached hydrogens (tertiary/aromatic N) is 3. The molecule has 1 rings (SSSR count). The first-order chi connectivity index (χ1) is 11.7. The van der Waals surface area contributed by atoms with Gasteiger partial charge in [0.05, 0.1) is 0 Å². The van der Waals surface area contributed by atoms with Gasteiger partial charge in [-0.05, 0) is 19.8 Å². The zero-order chi connectivity index (χ0) is 17.6. The van der Waals surface area contributed by atoms with E-state index in [0.29, 0.717) is 18.9 Å². The van der Waals surface area contributed by atoms with Gasteiger partial charge in [-0.15, -0.1) is 24.0 Å². The molecular weight excluding hydrogens is 433 g/mol. The Labute approximate surface area is 168 Å². The second-order valence-corrected chi connectivity index (χ2v) is 5.96. The maximum atomic E-state index is 5.54. The molecule has 7 nitrogen and oxygen atoms in total. The molecule has 0 unspecified atom stereocenters. The van der Waals surface area contributed by atoms with E-state index in [1.165, 1.54) is 6.42 Å². The number of hydrogen-bond donors (Lipinski definition) is 2. The molecule has 25 heavy (non-hydrogen) atoms. The number of ether oxygens (including phenoxy) is 1. The quantitative estimate of drug-likeness (QED) is 0.213. The first kappa shape index (κ1) is 24.1. The highest BCUT2D eigenvalue weighted by molar-refractivity contribution is 14.0. The zero-order valence-corrected chi connectivity index (χ0v) is 18.3. The number of guanidine groups is 1. The van der Waals surface area contributed by atoms with Crippen molar-refractivity contribution >= 4 is 29.9 Å². The van der Waals surface area contributed by atoms with Crippen molar-refractivity contribution in [3.63, 3.8) is 0 Å². The molecule has 8 heteroatoms. The lowest BCUT2D eigenvalue weighted by Crippen LogP contribution is -2.38. The molecule has 0 saturated carbocycles. The summed E-state index contributed by atoms with van der Waals surface area (Å²) in [5.41, 5.74) is 0. The van der Waals surface area contributed by atoms with Gasteiger partial charge in [0.15, 0.2) is 11.8 Å². The van der Waals surface area contributed by atoms with E-state index in [0.717, 1.165) is 50.9 Å². The van der Waals surface area contributed by atoms with Gasteiger partial charge in [-0.1, -0.05) is 32.3 Å². The van der Waals surface area contributed by atoms with Crippen LogP contribution in [-0.2, 0) is 11.2 Å². The maximum absolute atomic E-state index is 5.54. The highest BCUT2D eigenvalue weighted by atomic mass is 127. The van der Waals surface area contributed by atoms with Crippen LogP contribution >= 0.6 is 24.0 Å². The molecule has 0 saturated heterocycles. The monoisotopic (exact) mass is 467 g/mol. The molecule has 0 bridgehead atoms. The van der Waals surface area contributed by atoms with Crippen LogP contribution in [0.1, 0.15) is 64.6 Å². The molecule has 0 amide bonds. The number of unbranched alkanes of at least 4 members (excludes halogenated alkanes) is 1. The summed E-state index contributed by atoms with van der Waals surface area (Å²) >= 11 is 0. The molecule has 0 aliphatic rings. The Balaban J connectivity index is 0.00000576. The van der Waals surface area contributed by atoms with E-state index in [4.69, 9.17) is 9.26 Å². The molecule has 0 fully saturated rings. The van der Waals surface area contributed by atoms with Crippen LogP contribution in [0.3, 0.4) is 0 Å². The molecule has 1 heterocycles. The SMILES string of the molecule is CCCCOCCCN=C(NCC)NCCc1nc(C(C)C)no1.I. The molecule has 146 valence electrons. The number of halogens is 1. The molecule has 1 aromatic heterocycles. The van der Waals surface area contributed by atoms with Gasteiger partial charge < -0.3 is 19.9 Å². The maximum Gasteiger partial charge on any atom is 0.228 e. The summed E-state index contributed by atoms with van der Waals surface area (Å²) in [7, 11) is 0. The summed E-state index contributed by atoms with van der Waals surface area (Å²) < 4.78 is 10.8. The largest absolute Gasteiger partial charge is 0.381 e. The standard InChI is InChI=1S/C17H33N5O2.HI/c1-5-7-12-23-13-8-10-19-17(18-6-2)20-11-9-15-21-16(14(3)4)22-24-15;/h14H,5-13H2,1-4H3,(H2,18,19,20);1H. The fourth-order valence-electron chi connectivity index (χ4n) is 1.94. The minimum atomic E-state index is 0. The van der Waals surface area contributed by atoms with Crippen LogP contribution in [0.2, 0.25) is 0 Å². The summed E-state index contributed by atoms with van der Waals surface area (Å²) in [5, 5.41) is 10.5. The van der Waals surface area contributed by atoms with Crippen molar-refractivity contribution in [3.05, 3.63) is 11.7 Å². The van der Waals surface area contributed by atoms with Crippen molar-refractivity contribution in [2.24, 2.45) is 4.99 Å². The van der Waals surface area contributed by atoms with Crippen LogP contribution in [0.4, 0.5) is 0 Å². The second kappa shape index (κ2) is 15.4. The topological polar surface area (TPSA) is 84.6 Å². The van der Waals surface area contributed by atoms with E-state index in [1.807, 2.05) is 0 Å². The van der Waals surface area contributed by atoms with Crippen LogP contribution < -0.4 is 10.6 Å². The normalized spacial score (nSPS) is 11.5. The molecule has 0 aliphatic carbocycles. The van der Waals surface area contributed by atoms with E-state index >= 15 is 0 Å². The number of aliphatic imine (C=N–C) groups is 1. The van der Waals surface area contributed by atoms with Gasteiger partial charge in [0.1, 0.15) is 0 Å². The first-order valence-corrected chi connectivity index (χ1v) is 9.09. The zero-order valence-electron chi connectivity index (χ0n) is 16.0. The summed E-state index contributed by atoms with van der Waals surface area (Å²) in [6.45, 7) is 12.2. The molecule has 0 aliphatic heterocycles. The molecule has 2 N–H and O–H groups in total. The fourth-order valence-corrected chi connectivity index (χ4v) is 1.94. The predicted molar refractivity (Wildman–Crippen MR) is 112 cm³/mol. The Morgan fingerprint density at radius 2 is 1.96 bits per heavy atom. The predicted octanol–water partition coefficient (Wildman–Crippen LogP) is 3.12. The van der Waals surface area contributed by atoms with Crippen LogP contribution in [0.5, 0.6) is 0 Å². The highest BCUT2D eigenvalue weighted by Crippen LogP contribution is 2.09. The van der Waals surface area contributed by atoms with E-state index < -0.39 is 0 Å². The molecule has 1 aromatic rings. The average molecular weight is 467 g/mol. The van der Waals surface area contributed by atoms with Crippen molar-refractivity contribution in [1.29, 1.82) is 0 Å². The Hall–Kier alpha value is -0.900. The first-order valence-electron chi connectivity index (χ1n) is 9.09. The third-order valence-corrected chi connectivity index (χ3v) is 3.33. The van der Waals surface area contributed by atoms with Crippen molar-refractivity contribution in [3.8, 4) is 0 Å². The molecule has 0 radical (unpaired) electrons. The average Bonchev–Trinajstić information content (AvgIpc) is 3.03. The molecule has 0 spiro atoms. The van der Waals surface area contributed by atoms with E-state index in [9.17, 15) is 0 Å². The highest BCUT2D eigenvalue weighted by Gasteiger charge is 2.09. The van der Waals surface area contributed by atoms with Gasteiger partial charge in [-0.25, -0.2) is 0 Å². The third-order valence-electron chi connectivity index (χ3n) is 3.33. The Morgan fingerprint density at radius 3 is 2.60 bits per heavy atom. The van der Waals surface area contributed by atoms with Crippen LogP contribution in [0, 0.1) is 0 Å². The lowest BCUT2D eigenvalue weighted by Gasteiger charge is -2.10.